The Bertz CT molecular complexity index is 650. The summed E-state index contributed by atoms with van der Waals surface area (Å²) in [6, 6.07) is 17.5. The van der Waals surface area contributed by atoms with Gasteiger partial charge in [-0.3, -0.25) is 14.5 Å². The van der Waals surface area contributed by atoms with Gasteiger partial charge in [0.05, 0.1) is 19.7 Å². The normalized spacial score (nSPS) is 10.6. The first-order valence-corrected chi connectivity index (χ1v) is 7.63. The zero-order valence-corrected chi connectivity index (χ0v) is 13.5. The minimum absolute atomic E-state index is 0.0172. The van der Waals surface area contributed by atoms with E-state index in [-0.39, 0.29) is 24.8 Å². The van der Waals surface area contributed by atoms with Crippen LogP contribution >= 0.6 is 0 Å². The summed E-state index contributed by atoms with van der Waals surface area (Å²) in [5.74, 6) is -0.335. The first kappa shape index (κ1) is 16.9. The Labute approximate surface area is 136 Å². The lowest BCUT2D eigenvalue weighted by Gasteiger charge is -2.14. The van der Waals surface area contributed by atoms with Gasteiger partial charge in [0.1, 0.15) is 0 Å². The molecule has 0 radical (unpaired) electrons. The quantitative estimate of drug-likeness (QED) is 0.582. The van der Waals surface area contributed by atoms with Crippen LogP contribution in [0.3, 0.4) is 0 Å². The van der Waals surface area contributed by atoms with Crippen molar-refractivity contribution in [2.24, 2.45) is 0 Å². The van der Waals surface area contributed by atoms with Gasteiger partial charge in [0.2, 0.25) is 0 Å². The van der Waals surface area contributed by atoms with Gasteiger partial charge < -0.3 is 4.74 Å². The number of carbonyl (C=O) groups excluding carboxylic acids is 2. The van der Waals surface area contributed by atoms with Crippen LogP contribution in [-0.2, 0) is 9.53 Å². The van der Waals surface area contributed by atoms with E-state index in [1.54, 1.807) is 18.9 Å². The van der Waals surface area contributed by atoms with Gasteiger partial charge in [0, 0.05) is 5.56 Å². The maximum atomic E-state index is 12.2. The molecule has 0 aliphatic heterocycles. The molecule has 0 fully saturated rings. The zero-order valence-electron chi connectivity index (χ0n) is 13.5. The fourth-order valence-corrected chi connectivity index (χ4v) is 2.30. The fraction of sp³-hybridized carbons (Fsp3) is 0.263. The molecular formula is C19H21NO3. The second-order valence-corrected chi connectivity index (χ2v) is 5.34. The standard InChI is InChI=1S/C19H21NO3/c1-3-23-19(22)14-20(2)13-18(21)17-11-9-16(10-12-17)15-7-5-4-6-8-15/h4-12H,3,13-14H2,1-2H3. The van der Waals surface area contributed by atoms with Gasteiger partial charge in [0.25, 0.3) is 0 Å². The molecule has 2 aromatic carbocycles. The number of nitrogens with zero attached hydrogens (tertiary/aromatic N) is 1. The molecule has 0 bridgehead atoms. The van der Waals surface area contributed by atoms with Crippen molar-refractivity contribution in [3.8, 4) is 11.1 Å². The summed E-state index contributed by atoms with van der Waals surface area (Å²) in [7, 11) is 1.73. The van der Waals surface area contributed by atoms with E-state index in [0.717, 1.165) is 11.1 Å². The van der Waals surface area contributed by atoms with E-state index >= 15 is 0 Å². The van der Waals surface area contributed by atoms with Crippen molar-refractivity contribution in [1.82, 2.24) is 4.90 Å². The van der Waals surface area contributed by atoms with E-state index in [1.165, 1.54) is 0 Å². The van der Waals surface area contributed by atoms with Crippen molar-refractivity contribution in [3.63, 3.8) is 0 Å². The largest absolute Gasteiger partial charge is 0.465 e. The molecule has 120 valence electrons. The number of ether oxygens (including phenoxy) is 1. The molecule has 4 nitrogen and oxygen atoms in total. The molecule has 0 spiro atoms. The first-order valence-electron chi connectivity index (χ1n) is 7.63. The monoisotopic (exact) mass is 311 g/mol. The van der Waals surface area contributed by atoms with E-state index in [2.05, 4.69) is 0 Å². The van der Waals surface area contributed by atoms with Crippen molar-refractivity contribution in [2.75, 3.05) is 26.7 Å². The molecule has 23 heavy (non-hydrogen) atoms. The summed E-state index contributed by atoms with van der Waals surface area (Å²) in [6.07, 6.45) is 0. The second kappa shape index (κ2) is 8.25. The molecule has 2 aromatic rings. The van der Waals surface area contributed by atoms with Crippen molar-refractivity contribution in [2.45, 2.75) is 6.92 Å². The maximum Gasteiger partial charge on any atom is 0.320 e. The molecule has 0 amide bonds. The SMILES string of the molecule is CCOC(=O)CN(C)CC(=O)c1ccc(-c2ccccc2)cc1. The van der Waals surface area contributed by atoms with E-state index in [1.807, 2.05) is 54.6 Å². The number of hydrogen-bond donors (Lipinski definition) is 0. The summed E-state index contributed by atoms with van der Waals surface area (Å²) in [5, 5.41) is 0. The summed E-state index contributed by atoms with van der Waals surface area (Å²) < 4.78 is 4.87. The van der Waals surface area contributed by atoms with E-state index < -0.39 is 0 Å². The van der Waals surface area contributed by atoms with Gasteiger partial charge in [-0.05, 0) is 25.1 Å². The van der Waals surface area contributed by atoms with Crippen LogP contribution in [-0.4, -0.2) is 43.4 Å². The third-order valence-electron chi connectivity index (χ3n) is 3.43. The molecule has 0 atom stereocenters. The summed E-state index contributed by atoms with van der Waals surface area (Å²) in [5.41, 5.74) is 2.83. The Morgan fingerprint density at radius 3 is 2.13 bits per heavy atom. The summed E-state index contributed by atoms with van der Waals surface area (Å²) >= 11 is 0. The number of ketones is 1. The van der Waals surface area contributed by atoms with Gasteiger partial charge in [-0.1, -0.05) is 54.6 Å². The number of esters is 1. The fourth-order valence-electron chi connectivity index (χ4n) is 2.30. The topological polar surface area (TPSA) is 46.6 Å². The van der Waals surface area contributed by atoms with Crippen LogP contribution in [0.4, 0.5) is 0 Å². The van der Waals surface area contributed by atoms with Crippen molar-refractivity contribution < 1.29 is 14.3 Å². The average molecular weight is 311 g/mol. The lowest BCUT2D eigenvalue weighted by molar-refractivity contribution is -0.143. The van der Waals surface area contributed by atoms with E-state index in [9.17, 15) is 9.59 Å². The van der Waals surface area contributed by atoms with Crippen molar-refractivity contribution in [1.29, 1.82) is 0 Å². The smallest absolute Gasteiger partial charge is 0.320 e. The molecule has 0 aromatic heterocycles. The van der Waals surface area contributed by atoms with Crippen LogP contribution in [0.5, 0.6) is 0 Å². The lowest BCUT2D eigenvalue weighted by Crippen LogP contribution is -2.32. The van der Waals surface area contributed by atoms with Crippen LogP contribution < -0.4 is 0 Å². The number of benzene rings is 2. The molecular weight excluding hydrogens is 290 g/mol. The van der Waals surface area contributed by atoms with Crippen LogP contribution in [0.1, 0.15) is 17.3 Å². The molecule has 0 N–H and O–H groups in total. The van der Waals surface area contributed by atoms with Gasteiger partial charge in [-0.25, -0.2) is 0 Å². The lowest BCUT2D eigenvalue weighted by atomic mass is 10.0. The number of rotatable bonds is 7. The molecule has 0 aliphatic carbocycles. The molecule has 0 aliphatic rings. The Morgan fingerprint density at radius 1 is 0.913 bits per heavy atom. The average Bonchev–Trinajstić information content (AvgIpc) is 2.56. The Balaban J connectivity index is 1.96. The highest BCUT2D eigenvalue weighted by Crippen LogP contribution is 2.19. The molecule has 0 heterocycles. The van der Waals surface area contributed by atoms with Gasteiger partial charge >= 0.3 is 5.97 Å². The van der Waals surface area contributed by atoms with Gasteiger partial charge in [0.15, 0.2) is 5.78 Å². The molecule has 0 unspecified atom stereocenters. The highest BCUT2D eigenvalue weighted by atomic mass is 16.5. The minimum atomic E-state index is -0.317. The second-order valence-electron chi connectivity index (χ2n) is 5.34. The van der Waals surface area contributed by atoms with Crippen LogP contribution in [0, 0.1) is 0 Å². The van der Waals surface area contributed by atoms with Gasteiger partial charge in [-0.15, -0.1) is 0 Å². The van der Waals surface area contributed by atoms with E-state index in [4.69, 9.17) is 4.74 Å². The van der Waals surface area contributed by atoms with Crippen LogP contribution in [0.25, 0.3) is 11.1 Å². The number of hydrogen-bond acceptors (Lipinski definition) is 4. The van der Waals surface area contributed by atoms with Crippen molar-refractivity contribution in [3.05, 3.63) is 60.2 Å². The zero-order chi connectivity index (χ0) is 16.7. The van der Waals surface area contributed by atoms with E-state index in [0.29, 0.717) is 12.2 Å². The molecule has 0 saturated heterocycles. The first-order chi connectivity index (χ1) is 11.1. The number of Topliss-reactive ketones (excluding diaryl/α,β-unsaturated/α-hetero) is 1. The highest BCUT2D eigenvalue weighted by molar-refractivity contribution is 5.98. The van der Waals surface area contributed by atoms with Crippen LogP contribution in [0.15, 0.2) is 54.6 Å². The number of carbonyl (C=O) groups is 2. The highest BCUT2D eigenvalue weighted by Gasteiger charge is 2.13. The molecule has 0 saturated carbocycles. The molecule has 2 rings (SSSR count). The van der Waals surface area contributed by atoms with Crippen LogP contribution in [0.2, 0.25) is 0 Å². The summed E-state index contributed by atoms with van der Waals surface area (Å²) in [4.78, 5) is 25.3. The Hall–Kier alpha value is -2.46. The van der Waals surface area contributed by atoms with Crippen molar-refractivity contribution >= 4 is 11.8 Å². The maximum absolute atomic E-state index is 12.2. The minimum Gasteiger partial charge on any atom is -0.465 e. The Morgan fingerprint density at radius 2 is 1.52 bits per heavy atom. The summed E-state index contributed by atoms with van der Waals surface area (Å²) in [6.45, 7) is 2.41. The predicted molar refractivity (Wildman–Crippen MR) is 90.3 cm³/mol. The third-order valence-corrected chi connectivity index (χ3v) is 3.43. The number of likely N-dealkylation sites (N-methyl/N-ethyl adjacent to an activating group) is 1. The molecule has 4 heteroatoms. The van der Waals surface area contributed by atoms with Gasteiger partial charge in [-0.2, -0.15) is 0 Å². The third kappa shape index (κ3) is 5.04. The predicted octanol–water partition coefficient (Wildman–Crippen LogP) is 3.03. The Kier molecular flexibility index (Phi) is 6.06.